The van der Waals surface area contributed by atoms with E-state index in [1.165, 1.54) is 12.1 Å². The topological polar surface area (TPSA) is 104 Å². The Kier molecular flexibility index (Phi) is 4.28. The Morgan fingerprint density at radius 1 is 1.25 bits per heavy atom. The van der Waals surface area contributed by atoms with Gasteiger partial charge in [-0.25, -0.2) is 4.79 Å². The van der Waals surface area contributed by atoms with Crippen LogP contribution in [0, 0.1) is 0 Å². The van der Waals surface area contributed by atoms with Crippen molar-refractivity contribution in [2.75, 3.05) is 18.5 Å². The molecule has 86 valence electrons. The Labute approximate surface area is 92.4 Å². The van der Waals surface area contributed by atoms with E-state index in [0.717, 1.165) is 0 Å². The van der Waals surface area contributed by atoms with Gasteiger partial charge in [0.25, 0.3) is 0 Å². The van der Waals surface area contributed by atoms with Gasteiger partial charge >= 0.3 is 6.03 Å². The molecule has 0 aromatic heterocycles. The molecule has 0 saturated carbocycles. The fourth-order valence-corrected chi connectivity index (χ4v) is 1.06. The Balaban J connectivity index is 2.55. The lowest BCUT2D eigenvalue weighted by atomic mass is 10.2. The lowest BCUT2D eigenvalue weighted by Crippen LogP contribution is -2.30. The van der Waals surface area contributed by atoms with Crippen LogP contribution in [0.5, 0.6) is 0 Å². The number of aliphatic hydroxyl groups excluding tert-OH is 1. The predicted octanol–water partition coefficient (Wildman–Crippen LogP) is -0.101. The zero-order valence-corrected chi connectivity index (χ0v) is 8.56. The number of amides is 3. The molecule has 5 N–H and O–H groups in total. The number of hydrogen-bond acceptors (Lipinski definition) is 3. The number of benzene rings is 1. The van der Waals surface area contributed by atoms with Gasteiger partial charge in [-0.1, -0.05) is 0 Å². The van der Waals surface area contributed by atoms with Crippen LogP contribution in [-0.4, -0.2) is 30.2 Å². The summed E-state index contributed by atoms with van der Waals surface area (Å²) < 4.78 is 0. The van der Waals surface area contributed by atoms with Crippen LogP contribution in [0.2, 0.25) is 0 Å². The van der Waals surface area contributed by atoms with Crippen molar-refractivity contribution in [3.8, 4) is 0 Å². The Morgan fingerprint density at radius 3 is 2.38 bits per heavy atom. The van der Waals surface area contributed by atoms with Gasteiger partial charge in [-0.2, -0.15) is 0 Å². The zero-order chi connectivity index (χ0) is 12.0. The number of nitrogens with two attached hydrogens (primary N) is 1. The Bertz CT molecular complexity index is 375. The van der Waals surface area contributed by atoms with Crippen molar-refractivity contribution in [1.29, 1.82) is 0 Å². The first-order valence-electron chi connectivity index (χ1n) is 4.69. The average Bonchev–Trinajstić information content (AvgIpc) is 2.27. The van der Waals surface area contributed by atoms with Crippen molar-refractivity contribution in [3.05, 3.63) is 29.8 Å². The summed E-state index contributed by atoms with van der Waals surface area (Å²) in [5.74, 6) is -0.517. The van der Waals surface area contributed by atoms with E-state index in [4.69, 9.17) is 10.8 Å². The summed E-state index contributed by atoms with van der Waals surface area (Å²) in [5, 5.41) is 13.4. The molecule has 0 saturated heterocycles. The van der Waals surface area contributed by atoms with Crippen molar-refractivity contribution in [3.63, 3.8) is 0 Å². The maximum atomic E-state index is 11.2. The molecule has 0 aliphatic heterocycles. The molecule has 6 heteroatoms. The zero-order valence-electron chi connectivity index (χ0n) is 8.56. The molecule has 6 nitrogen and oxygen atoms in total. The van der Waals surface area contributed by atoms with E-state index >= 15 is 0 Å². The predicted molar refractivity (Wildman–Crippen MR) is 59.1 cm³/mol. The van der Waals surface area contributed by atoms with E-state index in [2.05, 4.69) is 10.6 Å². The molecule has 0 fully saturated rings. The summed E-state index contributed by atoms with van der Waals surface area (Å²) in [6.45, 7) is 0.0687. The smallest absolute Gasteiger partial charge is 0.319 e. The third-order valence-electron chi connectivity index (χ3n) is 1.82. The quantitative estimate of drug-likeness (QED) is 0.572. The van der Waals surface area contributed by atoms with Crippen LogP contribution in [0.1, 0.15) is 10.4 Å². The standard InChI is InChI=1S/C10H13N3O3/c11-9(15)7-1-3-8(4-2-7)13-10(16)12-5-6-14/h1-4,14H,5-6H2,(H2,11,15)(H2,12,13,16). The molecule has 3 amide bonds. The summed E-state index contributed by atoms with van der Waals surface area (Å²) in [7, 11) is 0. The maximum absolute atomic E-state index is 11.2. The fourth-order valence-electron chi connectivity index (χ4n) is 1.06. The highest BCUT2D eigenvalue weighted by atomic mass is 16.3. The highest BCUT2D eigenvalue weighted by molar-refractivity contribution is 5.94. The van der Waals surface area contributed by atoms with E-state index in [0.29, 0.717) is 11.3 Å². The monoisotopic (exact) mass is 223 g/mol. The average molecular weight is 223 g/mol. The van der Waals surface area contributed by atoms with Crippen molar-refractivity contribution in [2.24, 2.45) is 5.73 Å². The van der Waals surface area contributed by atoms with Gasteiger partial charge in [-0.15, -0.1) is 0 Å². The molecule has 16 heavy (non-hydrogen) atoms. The fraction of sp³-hybridized carbons (Fsp3) is 0.200. The highest BCUT2D eigenvalue weighted by Gasteiger charge is 2.02. The Morgan fingerprint density at radius 2 is 1.88 bits per heavy atom. The molecular weight excluding hydrogens is 210 g/mol. The number of anilines is 1. The minimum Gasteiger partial charge on any atom is -0.395 e. The minimum atomic E-state index is -0.517. The van der Waals surface area contributed by atoms with E-state index in [1.807, 2.05) is 0 Å². The van der Waals surface area contributed by atoms with Crippen LogP contribution < -0.4 is 16.4 Å². The van der Waals surface area contributed by atoms with Gasteiger partial charge in [-0.3, -0.25) is 4.79 Å². The third-order valence-corrected chi connectivity index (χ3v) is 1.82. The van der Waals surface area contributed by atoms with Gasteiger partial charge < -0.3 is 21.5 Å². The number of carbonyl (C=O) groups excluding carboxylic acids is 2. The second-order valence-corrected chi connectivity index (χ2v) is 3.05. The lowest BCUT2D eigenvalue weighted by molar-refractivity contribution is 0.100. The number of aliphatic hydroxyl groups is 1. The van der Waals surface area contributed by atoms with E-state index in [-0.39, 0.29) is 13.2 Å². The van der Waals surface area contributed by atoms with E-state index in [9.17, 15) is 9.59 Å². The second kappa shape index (κ2) is 5.72. The molecule has 0 aliphatic carbocycles. The summed E-state index contributed by atoms with van der Waals surface area (Å²) in [6.07, 6.45) is 0. The van der Waals surface area contributed by atoms with Crippen LogP contribution in [-0.2, 0) is 0 Å². The molecule has 0 radical (unpaired) electrons. The number of nitrogens with one attached hydrogen (secondary N) is 2. The van der Waals surface area contributed by atoms with Crippen molar-refractivity contribution < 1.29 is 14.7 Å². The normalized spacial score (nSPS) is 9.56. The van der Waals surface area contributed by atoms with E-state index in [1.54, 1.807) is 12.1 Å². The lowest BCUT2D eigenvalue weighted by Gasteiger charge is -2.06. The molecule has 0 spiro atoms. The molecule has 0 atom stereocenters. The minimum absolute atomic E-state index is 0.117. The molecule has 0 bridgehead atoms. The van der Waals surface area contributed by atoms with Gasteiger partial charge in [-0.05, 0) is 24.3 Å². The van der Waals surface area contributed by atoms with Gasteiger partial charge in [0.15, 0.2) is 0 Å². The summed E-state index contributed by atoms with van der Waals surface area (Å²) in [6, 6.07) is 5.76. The summed E-state index contributed by atoms with van der Waals surface area (Å²) >= 11 is 0. The van der Waals surface area contributed by atoms with Crippen LogP contribution in [0.4, 0.5) is 10.5 Å². The van der Waals surface area contributed by atoms with Crippen LogP contribution in [0.3, 0.4) is 0 Å². The number of primary amides is 1. The van der Waals surface area contributed by atoms with Gasteiger partial charge in [0.2, 0.25) is 5.91 Å². The molecule has 0 unspecified atom stereocenters. The van der Waals surface area contributed by atoms with Crippen molar-refractivity contribution in [1.82, 2.24) is 5.32 Å². The summed E-state index contributed by atoms with van der Waals surface area (Å²) in [4.78, 5) is 21.9. The highest BCUT2D eigenvalue weighted by Crippen LogP contribution is 2.08. The van der Waals surface area contributed by atoms with Gasteiger partial charge in [0, 0.05) is 17.8 Å². The van der Waals surface area contributed by atoms with Crippen LogP contribution in [0.15, 0.2) is 24.3 Å². The van der Waals surface area contributed by atoms with Gasteiger partial charge in [0.1, 0.15) is 0 Å². The van der Waals surface area contributed by atoms with E-state index < -0.39 is 11.9 Å². The second-order valence-electron chi connectivity index (χ2n) is 3.05. The van der Waals surface area contributed by atoms with Crippen molar-refractivity contribution in [2.45, 2.75) is 0 Å². The molecular formula is C10H13N3O3. The molecule has 0 aliphatic rings. The number of rotatable bonds is 4. The number of hydrogen-bond donors (Lipinski definition) is 4. The van der Waals surface area contributed by atoms with Crippen LogP contribution >= 0.6 is 0 Å². The molecule has 1 aromatic rings. The maximum Gasteiger partial charge on any atom is 0.319 e. The van der Waals surface area contributed by atoms with Gasteiger partial charge in [0.05, 0.1) is 6.61 Å². The number of carbonyl (C=O) groups is 2. The Hall–Kier alpha value is -2.08. The summed E-state index contributed by atoms with van der Waals surface area (Å²) in [5.41, 5.74) is 5.98. The first kappa shape index (κ1) is 12.0. The van der Waals surface area contributed by atoms with Crippen LogP contribution in [0.25, 0.3) is 0 Å². The molecule has 0 heterocycles. The first-order chi connectivity index (χ1) is 7.63. The molecule has 1 aromatic carbocycles. The third kappa shape index (κ3) is 3.58. The first-order valence-corrected chi connectivity index (χ1v) is 4.69. The van der Waals surface area contributed by atoms with Crippen molar-refractivity contribution >= 4 is 17.6 Å². The SMILES string of the molecule is NC(=O)c1ccc(NC(=O)NCCO)cc1. The molecule has 1 rings (SSSR count). The number of urea groups is 1. The largest absolute Gasteiger partial charge is 0.395 e.